The summed E-state index contributed by atoms with van der Waals surface area (Å²) < 4.78 is 0. The second-order valence-electron chi connectivity index (χ2n) is 6.16. The number of benzene rings is 1. The molecule has 4 aromatic rings. The lowest BCUT2D eigenvalue weighted by Crippen LogP contribution is -2.31. The molecule has 9 heteroatoms. The van der Waals surface area contributed by atoms with Crippen molar-refractivity contribution in [3.05, 3.63) is 59.7 Å². The van der Waals surface area contributed by atoms with Gasteiger partial charge in [0.2, 0.25) is 0 Å². The molecule has 0 unspecified atom stereocenters. The van der Waals surface area contributed by atoms with Crippen molar-refractivity contribution in [2.45, 2.75) is 13.0 Å². The number of H-pyrrole nitrogens is 2. The molecule has 0 aliphatic heterocycles. The van der Waals surface area contributed by atoms with Crippen LogP contribution < -0.4 is 5.32 Å². The average Bonchev–Trinajstić information content (AvgIpc) is 3.35. The van der Waals surface area contributed by atoms with E-state index in [4.69, 9.17) is 0 Å². The first kappa shape index (κ1) is 16.9. The van der Waals surface area contributed by atoms with Crippen molar-refractivity contribution >= 4 is 17.1 Å². The Labute approximate surface area is 153 Å². The van der Waals surface area contributed by atoms with E-state index in [0.29, 0.717) is 28.1 Å². The predicted octanol–water partition coefficient (Wildman–Crippen LogP) is 1.51. The molecule has 0 bridgehead atoms. The number of aromatic nitrogens is 6. The van der Waals surface area contributed by atoms with Crippen LogP contribution in [0.15, 0.2) is 42.9 Å². The topological polar surface area (TPSA) is 132 Å². The number of hydrogen-bond donors (Lipinski definition) is 4. The maximum Gasteiger partial charge on any atom is 0.268 e. The summed E-state index contributed by atoms with van der Waals surface area (Å²) in [4.78, 5) is 23.8. The highest BCUT2D eigenvalue weighted by molar-refractivity contribution is 5.95. The number of rotatable bonds is 5. The number of aliphatic hydroxyl groups is 1. The van der Waals surface area contributed by atoms with Gasteiger partial charge in [-0.15, -0.1) is 5.10 Å². The van der Waals surface area contributed by atoms with Crippen molar-refractivity contribution in [3.8, 4) is 11.3 Å². The summed E-state index contributed by atoms with van der Waals surface area (Å²) in [5.74, 6) is -0.327. The average molecular weight is 363 g/mol. The van der Waals surface area contributed by atoms with Gasteiger partial charge in [-0.2, -0.15) is 0 Å². The third-order valence-electron chi connectivity index (χ3n) is 4.26. The number of carbonyl (C=O) groups excluding carboxylic acids is 1. The quantitative estimate of drug-likeness (QED) is 0.425. The van der Waals surface area contributed by atoms with Crippen LogP contribution in [0.5, 0.6) is 0 Å². The molecule has 0 aliphatic carbocycles. The Hall–Kier alpha value is -3.59. The molecule has 3 aromatic heterocycles. The van der Waals surface area contributed by atoms with Crippen molar-refractivity contribution in [3.63, 3.8) is 0 Å². The summed E-state index contributed by atoms with van der Waals surface area (Å²) >= 11 is 0. The van der Waals surface area contributed by atoms with E-state index in [0.717, 1.165) is 11.1 Å². The van der Waals surface area contributed by atoms with Crippen molar-refractivity contribution in [2.75, 3.05) is 6.61 Å². The molecule has 1 amide bonds. The largest absolute Gasteiger partial charge is 0.394 e. The zero-order valence-corrected chi connectivity index (χ0v) is 14.5. The van der Waals surface area contributed by atoms with Crippen molar-refractivity contribution in [1.29, 1.82) is 0 Å². The van der Waals surface area contributed by atoms with Gasteiger partial charge in [0.25, 0.3) is 5.91 Å². The van der Waals surface area contributed by atoms with Crippen LogP contribution in [-0.4, -0.2) is 48.0 Å². The van der Waals surface area contributed by atoms with Crippen LogP contribution in [-0.2, 0) is 0 Å². The van der Waals surface area contributed by atoms with Gasteiger partial charge in [-0.25, -0.2) is 15.1 Å². The maximum absolute atomic E-state index is 12.6. The highest BCUT2D eigenvalue weighted by atomic mass is 16.3. The molecule has 0 aliphatic rings. The van der Waals surface area contributed by atoms with Gasteiger partial charge < -0.3 is 15.4 Å². The Balaban J connectivity index is 1.57. The van der Waals surface area contributed by atoms with Gasteiger partial charge in [-0.1, -0.05) is 35.0 Å². The molecule has 4 N–H and O–H groups in total. The number of carbonyl (C=O) groups is 1. The number of fused-ring (bicyclic) bond motifs is 1. The van der Waals surface area contributed by atoms with Gasteiger partial charge >= 0.3 is 0 Å². The first-order chi connectivity index (χ1) is 13.2. The summed E-state index contributed by atoms with van der Waals surface area (Å²) in [5, 5.41) is 22.9. The van der Waals surface area contributed by atoms with Gasteiger partial charge in [-0.05, 0) is 18.6 Å². The Kier molecular flexibility index (Phi) is 4.35. The monoisotopic (exact) mass is 363 g/mol. The smallest absolute Gasteiger partial charge is 0.268 e. The molecule has 1 aromatic carbocycles. The van der Waals surface area contributed by atoms with E-state index in [2.05, 4.69) is 35.7 Å². The van der Waals surface area contributed by atoms with Gasteiger partial charge in [0.15, 0.2) is 11.2 Å². The second kappa shape index (κ2) is 6.96. The van der Waals surface area contributed by atoms with Crippen molar-refractivity contribution in [1.82, 2.24) is 35.7 Å². The first-order valence-electron chi connectivity index (χ1n) is 8.34. The van der Waals surface area contributed by atoms with Crippen molar-refractivity contribution < 1.29 is 9.90 Å². The molecule has 4 rings (SSSR count). The summed E-state index contributed by atoms with van der Waals surface area (Å²) in [6.07, 6.45) is 3.08. The molecule has 0 fully saturated rings. The van der Waals surface area contributed by atoms with Crippen LogP contribution in [0.25, 0.3) is 22.4 Å². The molecule has 0 saturated heterocycles. The van der Waals surface area contributed by atoms with Gasteiger partial charge in [0, 0.05) is 11.8 Å². The number of nitrogens with one attached hydrogen (secondary N) is 3. The molecule has 0 spiro atoms. The number of aryl methyl sites for hydroxylation is 1. The van der Waals surface area contributed by atoms with E-state index < -0.39 is 6.04 Å². The normalized spacial score (nSPS) is 12.2. The molecule has 136 valence electrons. The molecular weight excluding hydrogens is 346 g/mol. The Bertz CT molecular complexity index is 1100. The fraction of sp³-hybridized carbons (Fsp3) is 0.167. The van der Waals surface area contributed by atoms with E-state index in [1.165, 1.54) is 6.33 Å². The third-order valence-corrected chi connectivity index (χ3v) is 4.26. The van der Waals surface area contributed by atoms with Gasteiger partial charge in [0.1, 0.15) is 17.7 Å². The zero-order valence-electron chi connectivity index (χ0n) is 14.5. The lowest BCUT2D eigenvalue weighted by molar-refractivity contribution is 0.0911. The maximum atomic E-state index is 12.6. The SMILES string of the molecule is Cc1cccc([C@@H](CO)NC(=O)c2cc(-c3ncnc4[nH]nnc34)c[nH]2)c1. The molecular formula is C18H17N7O2. The number of nitrogens with zero attached hydrogens (tertiary/aromatic N) is 4. The minimum absolute atomic E-state index is 0.200. The zero-order chi connectivity index (χ0) is 18.8. The van der Waals surface area contributed by atoms with Crippen molar-refractivity contribution in [2.24, 2.45) is 0 Å². The van der Waals surface area contributed by atoms with Crippen LogP contribution in [0.1, 0.15) is 27.7 Å². The Morgan fingerprint density at radius 1 is 1.30 bits per heavy atom. The highest BCUT2D eigenvalue weighted by Gasteiger charge is 2.18. The van der Waals surface area contributed by atoms with Crippen LogP contribution >= 0.6 is 0 Å². The van der Waals surface area contributed by atoms with E-state index in [9.17, 15) is 9.90 Å². The first-order valence-corrected chi connectivity index (χ1v) is 8.34. The third kappa shape index (κ3) is 3.27. The van der Waals surface area contributed by atoms with E-state index in [-0.39, 0.29) is 12.5 Å². The summed E-state index contributed by atoms with van der Waals surface area (Å²) in [5.41, 5.74) is 4.56. The molecule has 3 heterocycles. The molecule has 0 radical (unpaired) electrons. The molecule has 9 nitrogen and oxygen atoms in total. The van der Waals surface area contributed by atoms with Crippen LogP contribution in [0.3, 0.4) is 0 Å². The summed E-state index contributed by atoms with van der Waals surface area (Å²) in [6, 6.07) is 8.84. The summed E-state index contributed by atoms with van der Waals surface area (Å²) in [7, 11) is 0. The fourth-order valence-electron chi connectivity index (χ4n) is 2.91. The molecule has 0 saturated carbocycles. The minimum atomic E-state index is -0.495. The fourth-order valence-corrected chi connectivity index (χ4v) is 2.91. The lowest BCUT2D eigenvalue weighted by atomic mass is 10.0. The van der Waals surface area contributed by atoms with Gasteiger partial charge in [-0.3, -0.25) is 4.79 Å². The molecule has 27 heavy (non-hydrogen) atoms. The Morgan fingerprint density at radius 2 is 2.19 bits per heavy atom. The van der Waals surface area contributed by atoms with E-state index in [1.807, 2.05) is 31.2 Å². The van der Waals surface area contributed by atoms with Gasteiger partial charge in [0.05, 0.1) is 12.6 Å². The second-order valence-corrected chi connectivity index (χ2v) is 6.16. The highest BCUT2D eigenvalue weighted by Crippen LogP contribution is 2.23. The lowest BCUT2D eigenvalue weighted by Gasteiger charge is -2.16. The number of aliphatic hydroxyl groups excluding tert-OH is 1. The van der Waals surface area contributed by atoms with Crippen LogP contribution in [0.4, 0.5) is 0 Å². The standard InChI is InChI=1S/C18H17N7O2/c1-10-3-2-4-11(5-10)14(8-26)22-18(27)13-6-12(7-19-13)15-16-17(21-9-20-15)24-25-23-16/h2-7,9,14,19,26H,8H2,1H3,(H,22,27)(H,20,21,23,24,25)/t14-/m1/s1. The minimum Gasteiger partial charge on any atom is -0.394 e. The van der Waals surface area contributed by atoms with E-state index >= 15 is 0 Å². The van der Waals surface area contributed by atoms with Crippen LogP contribution in [0.2, 0.25) is 0 Å². The predicted molar refractivity (Wildman–Crippen MR) is 97.7 cm³/mol. The number of aromatic amines is 2. The summed E-state index contributed by atoms with van der Waals surface area (Å²) in [6.45, 7) is 1.76. The van der Waals surface area contributed by atoms with E-state index in [1.54, 1.807) is 12.3 Å². The number of hydrogen-bond acceptors (Lipinski definition) is 6. The number of amides is 1. The van der Waals surface area contributed by atoms with Crippen LogP contribution in [0, 0.1) is 6.92 Å². The Morgan fingerprint density at radius 3 is 3.00 bits per heavy atom. The molecule has 1 atom stereocenters.